The van der Waals surface area contributed by atoms with E-state index < -0.39 is 42.7 Å². The molecule has 0 saturated carbocycles. The van der Waals surface area contributed by atoms with Gasteiger partial charge in [0.05, 0.1) is 20.4 Å². The van der Waals surface area contributed by atoms with Crippen LogP contribution in [0.15, 0.2) is 46.2 Å². The summed E-state index contributed by atoms with van der Waals surface area (Å²) in [5.41, 5.74) is -3.93. The first kappa shape index (κ1) is 20.0. The van der Waals surface area contributed by atoms with Gasteiger partial charge in [-0.25, -0.2) is 8.42 Å². The Bertz CT molecular complexity index is 994. The van der Waals surface area contributed by atoms with Crippen molar-refractivity contribution >= 4 is 21.4 Å². The van der Waals surface area contributed by atoms with Gasteiger partial charge in [0.15, 0.2) is 5.60 Å². The number of nitriles is 1. The van der Waals surface area contributed by atoms with Gasteiger partial charge in [-0.1, -0.05) is 23.7 Å². The fraction of sp³-hybridized carbons (Fsp3) is 0.188. The predicted octanol–water partition coefficient (Wildman–Crippen LogP) is 3.52. The molecule has 0 spiro atoms. The number of alkyl halides is 3. The van der Waals surface area contributed by atoms with Crippen molar-refractivity contribution < 1.29 is 31.8 Å². The Morgan fingerprint density at radius 1 is 1.15 bits per heavy atom. The van der Waals surface area contributed by atoms with Crippen LogP contribution in [0.1, 0.15) is 18.1 Å². The summed E-state index contributed by atoms with van der Waals surface area (Å²) in [5, 5.41) is 27.7. The largest absolute Gasteiger partial charge is 0.507 e. The van der Waals surface area contributed by atoms with Crippen molar-refractivity contribution in [2.45, 2.75) is 28.5 Å². The van der Waals surface area contributed by atoms with Crippen LogP contribution in [-0.4, -0.2) is 24.8 Å². The predicted molar refractivity (Wildman–Crippen MR) is 85.4 cm³/mol. The number of phenols is 1. The van der Waals surface area contributed by atoms with E-state index in [-0.39, 0.29) is 10.6 Å². The Morgan fingerprint density at radius 2 is 1.69 bits per heavy atom. The lowest BCUT2D eigenvalue weighted by Gasteiger charge is -2.26. The number of sulfone groups is 1. The summed E-state index contributed by atoms with van der Waals surface area (Å²) in [6.07, 6.45) is -4.95. The zero-order chi connectivity index (χ0) is 19.9. The lowest BCUT2D eigenvalue weighted by atomic mass is 9.96. The van der Waals surface area contributed by atoms with Gasteiger partial charge in [0.1, 0.15) is 11.8 Å². The molecule has 2 aromatic carbocycles. The van der Waals surface area contributed by atoms with Gasteiger partial charge in [0.2, 0.25) is 9.84 Å². The van der Waals surface area contributed by atoms with Crippen LogP contribution >= 0.6 is 11.6 Å². The first-order chi connectivity index (χ1) is 11.8. The van der Waals surface area contributed by atoms with Crippen LogP contribution in [0.3, 0.4) is 0 Å². The second kappa shape index (κ2) is 6.46. The van der Waals surface area contributed by atoms with Crippen LogP contribution in [0.2, 0.25) is 5.02 Å². The van der Waals surface area contributed by atoms with Gasteiger partial charge in [-0.2, -0.15) is 18.4 Å². The average Bonchev–Trinajstić information content (AvgIpc) is 2.55. The van der Waals surface area contributed by atoms with E-state index in [2.05, 4.69) is 0 Å². The minimum atomic E-state index is -4.95. The van der Waals surface area contributed by atoms with Crippen LogP contribution in [-0.2, 0) is 15.4 Å². The lowest BCUT2D eigenvalue weighted by Crippen LogP contribution is -2.39. The number of aliphatic hydroxyl groups is 1. The van der Waals surface area contributed by atoms with Crippen LogP contribution < -0.4 is 0 Å². The molecular weight excluding hydrogens is 397 g/mol. The van der Waals surface area contributed by atoms with E-state index in [1.54, 1.807) is 6.07 Å². The SMILES string of the molecule is C[C@](O)(c1ccc(S(=O)(=O)c2cc(O)c([14C]#N)cc2Cl)cc1)C(F)(F)F. The maximum Gasteiger partial charge on any atom is 0.421 e. The van der Waals surface area contributed by atoms with Crippen molar-refractivity contribution in [2.24, 2.45) is 0 Å². The highest BCUT2D eigenvalue weighted by molar-refractivity contribution is 7.91. The summed E-state index contributed by atoms with van der Waals surface area (Å²) >= 11 is 5.85. The average molecular weight is 408 g/mol. The number of aromatic hydroxyl groups is 1. The first-order valence-corrected chi connectivity index (χ1v) is 8.76. The van der Waals surface area contributed by atoms with Gasteiger partial charge in [-0.05, 0) is 30.7 Å². The molecule has 0 aliphatic heterocycles. The molecule has 0 amide bonds. The summed E-state index contributed by atoms with van der Waals surface area (Å²) < 4.78 is 63.7. The van der Waals surface area contributed by atoms with E-state index in [1.807, 2.05) is 0 Å². The third-order valence-corrected chi connectivity index (χ3v) is 5.97. The standard InChI is InChI=1S/C16H11ClF3NO4S/c1-15(23,16(18,19)20)10-2-4-11(5-3-10)26(24,25)14-7-13(22)9(8-21)6-12(14)17/h2-7,22-23H,1H3/t15-/m0/s1/i8+2. The topological polar surface area (TPSA) is 98.4 Å². The highest BCUT2D eigenvalue weighted by Crippen LogP contribution is 2.39. The Kier molecular flexibility index (Phi) is 4.98. The minimum Gasteiger partial charge on any atom is -0.507 e. The molecule has 0 heterocycles. The van der Waals surface area contributed by atoms with E-state index in [0.29, 0.717) is 6.92 Å². The molecule has 5 nitrogen and oxygen atoms in total. The van der Waals surface area contributed by atoms with Crippen LogP contribution in [0.4, 0.5) is 13.2 Å². The number of rotatable bonds is 3. The molecule has 2 rings (SSSR count). The molecule has 0 radical (unpaired) electrons. The molecule has 0 aliphatic rings. The van der Waals surface area contributed by atoms with Gasteiger partial charge >= 0.3 is 6.18 Å². The highest BCUT2D eigenvalue weighted by atomic mass is 35.5. The van der Waals surface area contributed by atoms with Crippen LogP contribution in [0, 0.1) is 11.3 Å². The van der Waals surface area contributed by atoms with Crippen molar-refractivity contribution in [2.75, 3.05) is 0 Å². The van der Waals surface area contributed by atoms with E-state index >= 15 is 0 Å². The normalized spacial score (nSPS) is 14.5. The van der Waals surface area contributed by atoms with Gasteiger partial charge in [-0.3, -0.25) is 0 Å². The third-order valence-electron chi connectivity index (χ3n) is 3.74. The molecule has 138 valence electrons. The van der Waals surface area contributed by atoms with Crippen LogP contribution in [0.25, 0.3) is 0 Å². The van der Waals surface area contributed by atoms with E-state index in [1.165, 1.54) is 0 Å². The maximum absolute atomic E-state index is 12.8. The molecule has 10 heteroatoms. The van der Waals surface area contributed by atoms with Gasteiger partial charge in [0, 0.05) is 6.07 Å². The van der Waals surface area contributed by atoms with Crippen molar-refractivity contribution in [3.8, 4) is 11.8 Å². The number of halogens is 4. The minimum absolute atomic E-state index is 0.231. The molecule has 0 unspecified atom stereocenters. The Hall–Kier alpha value is -2.28. The zero-order valence-electron chi connectivity index (χ0n) is 13.0. The number of hydrogen-bond donors (Lipinski definition) is 2. The number of benzene rings is 2. The highest BCUT2D eigenvalue weighted by Gasteiger charge is 2.51. The Morgan fingerprint density at radius 3 is 2.15 bits per heavy atom. The molecule has 2 aromatic rings. The third kappa shape index (κ3) is 3.35. The lowest BCUT2D eigenvalue weighted by molar-refractivity contribution is -0.258. The summed E-state index contributed by atoms with van der Waals surface area (Å²) in [5.74, 6) is -0.605. The van der Waals surface area contributed by atoms with Gasteiger partial charge in [0.25, 0.3) is 0 Å². The number of nitrogens with zero attached hydrogens (tertiary/aromatic N) is 1. The molecule has 0 aliphatic carbocycles. The Balaban J connectivity index is 2.53. The second-order valence-electron chi connectivity index (χ2n) is 5.51. The zero-order valence-corrected chi connectivity index (χ0v) is 14.6. The van der Waals surface area contributed by atoms with Crippen molar-refractivity contribution in [1.82, 2.24) is 0 Å². The molecule has 1 atom stereocenters. The molecule has 2 N–H and O–H groups in total. The van der Waals surface area contributed by atoms with Crippen molar-refractivity contribution in [3.05, 3.63) is 52.5 Å². The summed E-state index contributed by atoms with van der Waals surface area (Å²) in [6.45, 7) is 0.548. The second-order valence-corrected chi connectivity index (χ2v) is 7.83. The molecule has 0 saturated heterocycles. The number of hydrogen-bond acceptors (Lipinski definition) is 5. The monoisotopic (exact) mass is 407 g/mol. The first-order valence-electron chi connectivity index (χ1n) is 6.89. The number of phenolic OH excluding ortho intramolecular Hbond substituents is 1. The van der Waals surface area contributed by atoms with Crippen molar-refractivity contribution in [1.29, 1.82) is 5.26 Å². The van der Waals surface area contributed by atoms with E-state index in [4.69, 9.17) is 16.9 Å². The van der Waals surface area contributed by atoms with Gasteiger partial charge in [-0.15, -0.1) is 0 Å². The smallest absolute Gasteiger partial charge is 0.421 e. The maximum atomic E-state index is 12.8. The van der Waals surface area contributed by atoms with Crippen molar-refractivity contribution in [3.63, 3.8) is 0 Å². The fourth-order valence-corrected chi connectivity index (χ4v) is 3.89. The quantitative estimate of drug-likeness (QED) is 0.811. The van der Waals surface area contributed by atoms with Gasteiger partial charge < -0.3 is 10.2 Å². The fourth-order valence-electron chi connectivity index (χ4n) is 2.09. The van der Waals surface area contributed by atoms with Crippen LogP contribution in [0.5, 0.6) is 5.75 Å². The summed E-state index contributed by atoms with van der Waals surface area (Å²) in [6, 6.07) is 6.81. The van der Waals surface area contributed by atoms with E-state index in [0.717, 1.165) is 36.4 Å². The molecular formula is C16H11ClF3NO4S. The summed E-state index contributed by atoms with van der Waals surface area (Å²) in [4.78, 5) is -0.906. The van der Waals surface area contributed by atoms with E-state index in [9.17, 15) is 31.8 Å². The molecule has 0 fully saturated rings. The molecule has 26 heavy (non-hydrogen) atoms. The molecule has 0 bridgehead atoms. The molecule has 0 aromatic heterocycles. The summed E-state index contributed by atoms with van der Waals surface area (Å²) in [7, 11) is -4.28. The Labute approximate surface area is 151 Å².